The number of hydrogen-bond donors (Lipinski definition) is 3. The van der Waals surface area contributed by atoms with Crippen molar-refractivity contribution in [2.24, 2.45) is 0 Å². The van der Waals surface area contributed by atoms with E-state index in [9.17, 15) is 28.4 Å². The van der Waals surface area contributed by atoms with Crippen LogP contribution in [-0.4, -0.2) is 39.7 Å². The van der Waals surface area contributed by atoms with E-state index >= 15 is 0 Å². The molecule has 3 rings (SSSR count). The second-order valence-electron chi connectivity index (χ2n) is 11.9. The van der Waals surface area contributed by atoms with Crippen LogP contribution in [0.5, 0.6) is 5.75 Å². The third kappa shape index (κ3) is 15.7. The Morgan fingerprint density at radius 2 is 1.54 bits per heavy atom. The van der Waals surface area contributed by atoms with Crippen LogP contribution in [0.4, 0.5) is 0 Å². The molecule has 1 aliphatic rings. The Morgan fingerprint density at radius 3 is 2.20 bits per heavy atom. The lowest BCUT2D eigenvalue weighted by Crippen LogP contribution is -2.33. The number of aryl methyl sites for hydroxylation is 1. The molecule has 1 aliphatic heterocycles. The summed E-state index contributed by atoms with van der Waals surface area (Å²) in [6, 6.07) is 6.34. The molecular weight excluding hydrogens is 692 g/mol. The van der Waals surface area contributed by atoms with E-state index in [0.717, 1.165) is 23.8 Å². The highest BCUT2D eigenvalue weighted by Gasteiger charge is 2.39. The van der Waals surface area contributed by atoms with Crippen molar-refractivity contribution in [1.82, 2.24) is 15.7 Å². The van der Waals surface area contributed by atoms with Crippen molar-refractivity contribution in [3.8, 4) is 5.75 Å². The molecule has 0 saturated carbocycles. The first-order valence-corrected chi connectivity index (χ1v) is 19.9. The first-order chi connectivity index (χ1) is 23.4. The monoisotopic (exact) mass is 745 g/mol. The number of hydrogen-bond acceptors (Lipinski definition) is 12. The van der Waals surface area contributed by atoms with Crippen molar-refractivity contribution in [1.29, 1.82) is 0 Å². The summed E-state index contributed by atoms with van der Waals surface area (Å²) in [6.45, 7) is 4.75. The molecule has 2 aromatic rings. The molecule has 0 bridgehead atoms. The molecule has 0 amide bonds. The number of aromatic amines is 1. The Hall–Kier alpha value is -2.71. The zero-order valence-corrected chi connectivity index (χ0v) is 31.1. The third-order valence-corrected chi connectivity index (χ3v) is 10.7. The van der Waals surface area contributed by atoms with Gasteiger partial charge in [-0.2, -0.15) is 4.31 Å². The highest BCUT2D eigenvalue weighted by molar-refractivity contribution is 7.61. The molecule has 282 valence electrons. The predicted octanol–water partition coefficient (Wildman–Crippen LogP) is 7.56. The fraction of sp³-hybridized carbons (Fsp3) is 0.606. The average molecular weight is 746 g/mol. The van der Waals surface area contributed by atoms with Crippen molar-refractivity contribution in [2.75, 3.05) is 13.2 Å². The van der Waals surface area contributed by atoms with Gasteiger partial charge in [0.2, 0.25) is 0 Å². The predicted molar refractivity (Wildman–Crippen MR) is 188 cm³/mol. The smallest absolute Gasteiger partial charge is 0.427 e. The van der Waals surface area contributed by atoms with Crippen LogP contribution in [0.25, 0.3) is 0 Å². The van der Waals surface area contributed by atoms with Crippen LogP contribution in [0, 0.1) is 6.92 Å². The number of ether oxygens (including phenoxy) is 2. The maximum atomic E-state index is 13.4. The molecule has 0 fully saturated rings. The van der Waals surface area contributed by atoms with E-state index < -0.39 is 45.8 Å². The van der Waals surface area contributed by atoms with Crippen LogP contribution < -0.4 is 22.1 Å². The van der Waals surface area contributed by atoms with Crippen LogP contribution in [0.15, 0.2) is 52.2 Å². The van der Waals surface area contributed by atoms with E-state index in [1.165, 1.54) is 63.8 Å². The number of nitrogens with zero attached hydrogens (tertiary/aromatic N) is 1. The molecule has 0 spiro atoms. The van der Waals surface area contributed by atoms with Crippen LogP contribution in [0.1, 0.15) is 108 Å². The largest absolute Gasteiger partial charge is 0.484 e. The van der Waals surface area contributed by atoms with Gasteiger partial charge in [0.1, 0.15) is 11.9 Å². The Labute approximate surface area is 293 Å². The Bertz CT molecular complexity index is 1560. The molecule has 1 aromatic carbocycles. The molecule has 2 heterocycles. The summed E-state index contributed by atoms with van der Waals surface area (Å²) in [5.74, 6) is 0.0323. The van der Waals surface area contributed by atoms with Crippen molar-refractivity contribution < 1.29 is 46.2 Å². The number of carbonyl (C=O) groups is 1. The summed E-state index contributed by atoms with van der Waals surface area (Å²) in [7, 11) is -9.60. The van der Waals surface area contributed by atoms with E-state index in [-0.39, 0.29) is 25.3 Å². The number of phosphoric acid groups is 2. The first-order valence-electron chi connectivity index (χ1n) is 17.0. The lowest BCUT2D eigenvalue weighted by Gasteiger charge is -2.21. The Balaban J connectivity index is 0.00000867. The summed E-state index contributed by atoms with van der Waals surface area (Å²) in [5.41, 5.74) is -0.405. The van der Waals surface area contributed by atoms with E-state index in [1.54, 1.807) is 24.3 Å². The van der Waals surface area contributed by atoms with E-state index in [0.29, 0.717) is 36.1 Å². The summed E-state index contributed by atoms with van der Waals surface area (Å²) in [6.07, 6.45) is 14.5. The average Bonchev–Trinajstić information content (AvgIpc) is 3.53. The minimum absolute atomic E-state index is 0. The summed E-state index contributed by atoms with van der Waals surface area (Å²) < 4.78 is 59.1. The zero-order valence-electron chi connectivity index (χ0n) is 29.3. The molecule has 50 heavy (non-hydrogen) atoms. The van der Waals surface area contributed by atoms with E-state index in [2.05, 4.69) is 11.9 Å². The molecule has 15 nitrogen and oxygen atoms in total. The first kappa shape index (κ1) is 43.5. The number of nitrogens with one attached hydrogen (secondary N) is 1. The van der Waals surface area contributed by atoms with E-state index in [1.807, 2.05) is 6.92 Å². The second kappa shape index (κ2) is 22.3. The van der Waals surface area contributed by atoms with Gasteiger partial charge < -0.3 is 20.5 Å². The maximum Gasteiger partial charge on any atom is 0.484 e. The van der Waals surface area contributed by atoms with Gasteiger partial charge in [0, 0.05) is 18.2 Å². The number of unbranched alkanes of at least 4 members (excludes halogenated alkanes) is 9. The Morgan fingerprint density at radius 1 is 0.900 bits per heavy atom. The van der Waals surface area contributed by atoms with Gasteiger partial charge in [-0.3, -0.25) is 32.7 Å². The van der Waals surface area contributed by atoms with Gasteiger partial charge in [-0.15, -0.1) is 0 Å². The maximum absolute atomic E-state index is 13.4. The fourth-order valence-electron chi connectivity index (χ4n) is 4.81. The molecule has 0 aliphatic carbocycles. The summed E-state index contributed by atoms with van der Waals surface area (Å²) >= 11 is 0. The van der Waals surface area contributed by atoms with Gasteiger partial charge in [-0.1, -0.05) is 89.8 Å². The number of benzene rings is 1. The number of carbonyl (C=O) groups excluding carboxylic acids is 1. The molecule has 2 unspecified atom stereocenters. The minimum atomic E-state index is -5.00. The van der Waals surface area contributed by atoms with Crippen molar-refractivity contribution in [3.05, 3.63) is 74.6 Å². The van der Waals surface area contributed by atoms with Crippen LogP contribution in [-0.2, 0) is 43.2 Å². The summed E-state index contributed by atoms with van der Waals surface area (Å²) in [4.78, 5) is 48.6. The van der Waals surface area contributed by atoms with Crippen molar-refractivity contribution in [3.63, 3.8) is 0 Å². The highest BCUT2D eigenvalue weighted by Crippen LogP contribution is 2.64. The van der Waals surface area contributed by atoms with Gasteiger partial charge in [0.15, 0.2) is 6.23 Å². The SMILES string of the molecule is CCCCCCCCCCCC(=O)Oc1ccc(COP(=O)(OCCCC)OP(=O)(O)OC[C@@H]2C=C[C@H](n3cc(C)c(=O)[nH]c3=O)O2)cc1.N. The minimum Gasteiger partial charge on any atom is -0.427 e. The normalized spacial score (nSPS) is 17.9. The fourth-order valence-corrected chi connectivity index (χ4v) is 7.46. The van der Waals surface area contributed by atoms with Crippen molar-refractivity contribution >= 4 is 21.6 Å². The lowest BCUT2D eigenvalue weighted by molar-refractivity contribution is -0.134. The molecule has 5 N–H and O–H groups in total. The molecule has 0 saturated heterocycles. The Kier molecular flexibility index (Phi) is 19.4. The standard InChI is InChI=1S/C33H50N2O12P2.H3N/c1-4-6-8-9-10-11-12-13-14-15-31(36)46-28-18-16-27(17-19-28)24-44-49(41,42-22-7-5-2)47-48(39,40)43-25-29-20-21-30(45-29)35-23-26(3)32(37)34-33(35)38;/h16-21,23,29-30H,4-15,22,24-25H2,1-3H3,(H,39,40)(H,34,37,38);1H3/t29-,30+,49?;/m0./s1. The molecule has 0 radical (unpaired) electrons. The molecule has 17 heteroatoms. The van der Waals surface area contributed by atoms with Gasteiger partial charge in [-0.25, -0.2) is 13.9 Å². The lowest BCUT2D eigenvalue weighted by atomic mass is 10.1. The van der Waals surface area contributed by atoms with Crippen LogP contribution in [0.2, 0.25) is 0 Å². The van der Waals surface area contributed by atoms with Gasteiger partial charge in [0.05, 0.1) is 19.8 Å². The second-order valence-corrected chi connectivity index (χ2v) is 15.1. The van der Waals surface area contributed by atoms with E-state index in [4.69, 9.17) is 27.4 Å². The number of aromatic nitrogens is 2. The topological polar surface area (TPSA) is 217 Å². The highest BCUT2D eigenvalue weighted by atomic mass is 31.3. The molecule has 4 atom stereocenters. The van der Waals surface area contributed by atoms with Crippen LogP contribution >= 0.6 is 15.6 Å². The van der Waals surface area contributed by atoms with Gasteiger partial charge in [0.25, 0.3) is 5.56 Å². The van der Waals surface area contributed by atoms with Gasteiger partial charge in [-0.05, 0) is 43.5 Å². The van der Waals surface area contributed by atoms with Gasteiger partial charge >= 0.3 is 27.3 Å². The van der Waals surface area contributed by atoms with Crippen molar-refractivity contribution in [2.45, 2.75) is 117 Å². The summed E-state index contributed by atoms with van der Waals surface area (Å²) in [5, 5.41) is 0. The van der Waals surface area contributed by atoms with Crippen LogP contribution in [0.3, 0.4) is 0 Å². The number of H-pyrrole nitrogens is 1. The number of esters is 1. The molecule has 1 aromatic heterocycles. The quantitative estimate of drug-likeness (QED) is 0.0311. The molecular formula is C33H53N3O12P2. The third-order valence-electron chi connectivity index (χ3n) is 7.61. The zero-order chi connectivity index (χ0) is 35.7. The number of rotatable bonds is 24. The number of phosphoric ester groups is 2.